The lowest BCUT2D eigenvalue weighted by atomic mass is 10.2. The first-order chi connectivity index (χ1) is 18.1. The van der Waals surface area contributed by atoms with E-state index in [0.717, 1.165) is 25.0 Å². The van der Waals surface area contributed by atoms with E-state index in [-0.39, 0.29) is 29.8 Å². The first-order valence-electron chi connectivity index (χ1n) is 11.3. The lowest BCUT2D eigenvalue weighted by molar-refractivity contribution is -0.139. The minimum absolute atomic E-state index is 0.0238. The monoisotopic (exact) mass is 648 g/mol. The van der Waals surface area contributed by atoms with Crippen molar-refractivity contribution in [1.29, 1.82) is 0 Å². The lowest BCUT2D eigenvalue weighted by Gasteiger charge is -2.14. The number of ether oxygens (including phenoxy) is 3. The summed E-state index contributed by atoms with van der Waals surface area (Å²) < 4.78 is 55.4. The Morgan fingerprint density at radius 3 is 2.68 bits per heavy atom. The van der Waals surface area contributed by atoms with E-state index < -0.39 is 36.1 Å². The fourth-order valence-electron chi connectivity index (χ4n) is 3.37. The van der Waals surface area contributed by atoms with Gasteiger partial charge in [0.05, 0.1) is 28.6 Å². The molecule has 10 nitrogen and oxygen atoms in total. The number of nitrogens with zero attached hydrogens (tertiary/aromatic N) is 1. The molecule has 0 aliphatic carbocycles. The highest BCUT2D eigenvalue weighted by Gasteiger charge is 2.30. The van der Waals surface area contributed by atoms with Crippen LogP contribution in [0.4, 0.5) is 18.9 Å². The van der Waals surface area contributed by atoms with E-state index in [1.165, 1.54) is 31.5 Å². The Balaban J connectivity index is 1.54. The number of rotatable bonds is 9. The standard InChI is InChI=1S/C24H24F3IN4O6/c1-36-19-9-14(11-30-32-23(35)22(34)29-12-17-6-3-7-37-17)8-18(28)21(19)38-13-20(33)31-16-5-2-4-15(10-16)24(25,26)27/h2,4-5,8-11,17H,3,6-7,12-13H2,1H3,(H,29,34)(H,31,33)(H,32,35)/b30-11-/t17-/m1/s1. The predicted octanol–water partition coefficient (Wildman–Crippen LogP) is 3.08. The van der Waals surface area contributed by atoms with Crippen molar-refractivity contribution in [3.63, 3.8) is 0 Å². The van der Waals surface area contributed by atoms with Gasteiger partial charge in [0.15, 0.2) is 18.1 Å². The van der Waals surface area contributed by atoms with E-state index in [4.69, 9.17) is 14.2 Å². The van der Waals surface area contributed by atoms with E-state index in [0.29, 0.717) is 15.7 Å². The van der Waals surface area contributed by atoms with Crippen molar-refractivity contribution in [1.82, 2.24) is 10.7 Å². The molecule has 0 unspecified atom stereocenters. The summed E-state index contributed by atoms with van der Waals surface area (Å²) in [5, 5.41) is 8.62. The number of hydrogen-bond donors (Lipinski definition) is 3. The number of amides is 3. The molecule has 3 N–H and O–H groups in total. The topological polar surface area (TPSA) is 127 Å². The molecule has 0 aromatic heterocycles. The molecule has 14 heteroatoms. The van der Waals surface area contributed by atoms with Crippen LogP contribution in [0.2, 0.25) is 0 Å². The van der Waals surface area contributed by atoms with E-state index in [9.17, 15) is 27.6 Å². The molecule has 38 heavy (non-hydrogen) atoms. The highest BCUT2D eigenvalue weighted by molar-refractivity contribution is 14.1. The van der Waals surface area contributed by atoms with Crippen LogP contribution >= 0.6 is 22.6 Å². The number of hydrogen-bond acceptors (Lipinski definition) is 7. The number of hydrazone groups is 1. The molecule has 204 valence electrons. The SMILES string of the molecule is COc1cc(/C=N\NC(=O)C(=O)NC[C@H]2CCCO2)cc(I)c1OCC(=O)Nc1cccc(C(F)(F)F)c1. The summed E-state index contributed by atoms with van der Waals surface area (Å²) in [7, 11) is 1.38. The Morgan fingerprint density at radius 2 is 2.00 bits per heavy atom. The normalized spacial score (nSPS) is 15.2. The molecule has 1 fully saturated rings. The molecule has 0 saturated carbocycles. The molecular weight excluding hydrogens is 624 g/mol. The number of carbonyl (C=O) groups is 3. The van der Waals surface area contributed by atoms with E-state index in [1.807, 2.05) is 22.6 Å². The van der Waals surface area contributed by atoms with Crippen molar-refractivity contribution in [2.75, 3.05) is 32.2 Å². The van der Waals surface area contributed by atoms with Crippen LogP contribution < -0.4 is 25.5 Å². The molecule has 1 saturated heterocycles. The molecule has 1 aliphatic rings. The number of benzene rings is 2. The number of anilines is 1. The number of halogens is 4. The molecule has 1 aliphatic heterocycles. The molecule has 1 atom stereocenters. The molecule has 0 spiro atoms. The van der Waals surface area contributed by atoms with Gasteiger partial charge in [-0.15, -0.1) is 0 Å². The zero-order chi connectivity index (χ0) is 27.7. The van der Waals surface area contributed by atoms with Gasteiger partial charge in [0.25, 0.3) is 5.91 Å². The quantitative estimate of drug-likeness (QED) is 0.166. The van der Waals surface area contributed by atoms with Crippen molar-refractivity contribution >= 4 is 52.2 Å². The third kappa shape index (κ3) is 8.58. The molecule has 3 rings (SSSR count). The van der Waals surface area contributed by atoms with Crippen molar-refractivity contribution < 1.29 is 41.8 Å². The molecule has 1 heterocycles. The van der Waals surface area contributed by atoms with Gasteiger partial charge in [-0.25, -0.2) is 5.43 Å². The Bertz CT molecular complexity index is 1200. The predicted molar refractivity (Wildman–Crippen MR) is 139 cm³/mol. The van der Waals surface area contributed by atoms with Gasteiger partial charge in [-0.3, -0.25) is 14.4 Å². The summed E-state index contributed by atoms with van der Waals surface area (Å²) in [4.78, 5) is 36.0. The van der Waals surface area contributed by atoms with Crippen LogP contribution in [0.5, 0.6) is 11.5 Å². The highest BCUT2D eigenvalue weighted by Crippen LogP contribution is 2.34. The Kier molecular flexibility index (Phi) is 10.3. The van der Waals surface area contributed by atoms with Crippen molar-refractivity contribution in [2.24, 2.45) is 5.10 Å². The second-order valence-electron chi connectivity index (χ2n) is 7.99. The first kappa shape index (κ1) is 29.2. The lowest BCUT2D eigenvalue weighted by Crippen LogP contribution is -2.41. The fraction of sp³-hybridized carbons (Fsp3) is 0.333. The number of carbonyl (C=O) groups excluding carboxylic acids is 3. The Morgan fingerprint density at radius 1 is 1.21 bits per heavy atom. The summed E-state index contributed by atoms with van der Waals surface area (Å²) >= 11 is 1.94. The van der Waals surface area contributed by atoms with Crippen LogP contribution in [0.15, 0.2) is 41.5 Å². The van der Waals surface area contributed by atoms with Crippen molar-refractivity contribution in [3.8, 4) is 11.5 Å². The summed E-state index contributed by atoms with van der Waals surface area (Å²) in [6.07, 6.45) is -1.61. The Labute approximate surface area is 229 Å². The minimum atomic E-state index is -4.54. The van der Waals surface area contributed by atoms with Crippen molar-refractivity contribution in [2.45, 2.75) is 25.1 Å². The highest BCUT2D eigenvalue weighted by atomic mass is 127. The van der Waals surface area contributed by atoms with Gasteiger partial charge in [0, 0.05) is 18.8 Å². The zero-order valence-electron chi connectivity index (χ0n) is 20.1. The van der Waals surface area contributed by atoms with Gasteiger partial charge in [-0.1, -0.05) is 6.07 Å². The van der Waals surface area contributed by atoms with Gasteiger partial charge in [0.1, 0.15) is 0 Å². The average Bonchev–Trinajstić information content (AvgIpc) is 3.39. The molecule has 0 bridgehead atoms. The Hall–Kier alpha value is -3.40. The smallest absolute Gasteiger partial charge is 0.416 e. The van der Waals surface area contributed by atoms with Crippen LogP contribution in [0.25, 0.3) is 0 Å². The summed E-state index contributed by atoms with van der Waals surface area (Å²) in [5.41, 5.74) is 1.71. The second-order valence-corrected chi connectivity index (χ2v) is 9.16. The van der Waals surface area contributed by atoms with E-state index >= 15 is 0 Å². The maximum absolute atomic E-state index is 12.9. The van der Waals surface area contributed by atoms with Crippen molar-refractivity contribution in [3.05, 3.63) is 51.1 Å². The maximum Gasteiger partial charge on any atom is 0.416 e. The third-order valence-electron chi connectivity index (χ3n) is 5.17. The summed E-state index contributed by atoms with van der Waals surface area (Å²) in [5.74, 6) is -1.98. The molecule has 3 amide bonds. The van der Waals surface area contributed by atoms with Crippen LogP contribution in [0, 0.1) is 3.57 Å². The molecular formula is C24H24F3IN4O6. The van der Waals surface area contributed by atoms with E-state index in [1.54, 1.807) is 6.07 Å². The average molecular weight is 648 g/mol. The second kappa shape index (κ2) is 13.4. The van der Waals surface area contributed by atoms with Crippen LogP contribution in [0.1, 0.15) is 24.0 Å². The van der Waals surface area contributed by atoms with Gasteiger partial charge in [-0.2, -0.15) is 18.3 Å². The van der Waals surface area contributed by atoms with Gasteiger partial charge < -0.3 is 24.8 Å². The van der Waals surface area contributed by atoms with E-state index in [2.05, 4.69) is 21.2 Å². The van der Waals surface area contributed by atoms with Gasteiger partial charge in [-0.05, 0) is 71.3 Å². The molecule has 0 radical (unpaired) electrons. The van der Waals surface area contributed by atoms with Crippen LogP contribution in [-0.4, -0.2) is 56.9 Å². The summed E-state index contributed by atoms with van der Waals surface area (Å²) in [6, 6.07) is 7.38. The van der Waals surface area contributed by atoms with Crippen LogP contribution in [0.3, 0.4) is 0 Å². The number of nitrogens with one attached hydrogen (secondary N) is 3. The number of methoxy groups -OCH3 is 1. The number of alkyl halides is 3. The third-order valence-corrected chi connectivity index (χ3v) is 5.97. The zero-order valence-corrected chi connectivity index (χ0v) is 22.2. The van der Waals surface area contributed by atoms with Crippen LogP contribution in [-0.2, 0) is 25.3 Å². The molecule has 2 aromatic carbocycles. The van der Waals surface area contributed by atoms with Gasteiger partial charge in [0.2, 0.25) is 0 Å². The largest absolute Gasteiger partial charge is 0.493 e. The minimum Gasteiger partial charge on any atom is -0.493 e. The fourth-order valence-corrected chi connectivity index (χ4v) is 4.15. The first-order valence-corrected chi connectivity index (χ1v) is 12.3. The maximum atomic E-state index is 12.9. The summed E-state index contributed by atoms with van der Waals surface area (Å²) in [6.45, 7) is 0.383. The molecule has 2 aromatic rings. The van der Waals surface area contributed by atoms with Gasteiger partial charge >= 0.3 is 18.0 Å².